The number of anilines is 5. The maximum Gasteiger partial charge on any atom is 0.206 e. The van der Waals surface area contributed by atoms with Gasteiger partial charge in [0.2, 0.25) is 11.6 Å². The molecule has 16 rings (SSSR count). The summed E-state index contributed by atoms with van der Waals surface area (Å²) in [6.07, 6.45) is 28.9. The van der Waals surface area contributed by atoms with Crippen LogP contribution < -0.4 is 54.4 Å². The molecule has 0 amide bonds. The molecule has 1 aliphatic heterocycles. The fraction of sp³-hybridized carbons (Fsp3) is 0.375. The minimum atomic E-state index is -0.267. The van der Waals surface area contributed by atoms with Gasteiger partial charge in [-0.2, -0.15) is 0 Å². The first kappa shape index (κ1) is 108. The van der Waals surface area contributed by atoms with Crippen molar-refractivity contribution in [3.8, 4) is 0 Å². The van der Waals surface area contributed by atoms with E-state index in [1.165, 1.54) is 18.2 Å². The van der Waals surface area contributed by atoms with E-state index < -0.39 is 0 Å². The van der Waals surface area contributed by atoms with E-state index in [0.717, 1.165) is 165 Å². The molecule has 10 aromatic rings. The first-order valence-electron chi connectivity index (χ1n) is 48.2. The Labute approximate surface area is 845 Å². The highest BCUT2D eigenvalue weighted by atomic mass is 35.5. The highest BCUT2D eigenvalue weighted by molar-refractivity contribution is 6.51. The van der Waals surface area contributed by atoms with Gasteiger partial charge in [-0.1, -0.05) is 41.9 Å². The molecule has 40 heteroatoms. The third kappa shape index (κ3) is 30.1. The van der Waals surface area contributed by atoms with E-state index in [4.69, 9.17) is 78.9 Å². The van der Waals surface area contributed by atoms with Crippen molar-refractivity contribution >= 4 is 154 Å². The lowest BCUT2D eigenvalue weighted by atomic mass is 10.0. The van der Waals surface area contributed by atoms with Gasteiger partial charge < -0.3 is 96.5 Å². The van der Waals surface area contributed by atoms with Crippen molar-refractivity contribution in [2.45, 2.75) is 52.9 Å². The molecule has 762 valence electrons. The summed E-state index contributed by atoms with van der Waals surface area (Å²) in [6.45, 7) is 16.0. The van der Waals surface area contributed by atoms with Crippen LogP contribution in [-0.4, -0.2) is 349 Å². The normalized spacial score (nSPS) is 16.7. The average molecular weight is 1990 g/mol. The third-order valence-corrected chi connectivity index (χ3v) is 23.3. The Morgan fingerprint density at radius 3 is 1.15 bits per heavy atom. The van der Waals surface area contributed by atoms with E-state index in [0.29, 0.717) is 140 Å². The van der Waals surface area contributed by atoms with Crippen LogP contribution in [0.2, 0.25) is 0 Å². The van der Waals surface area contributed by atoms with E-state index in [-0.39, 0.29) is 59.4 Å². The van der Waals surface area contributed by atoms with Crippen molar-refractivity contribution in [3.63, 3.8) is 0 Å². The number of quaternary nitrogens is 5. The average Bonchev–Trinajstić information content (AvgIpc) is 1.60. The van der Waals surface area contributed by atoms with E-state index in [2.05, 4.69) is 168 Å². The SMILES string of the molecule is CC1=CC(=Nc2c(NCCC[N+](C)(C)C)nn3ccccc23)C(N)=C(Cl)C1=O.CC1=CC(=Nc2c(NCCC[N+](C)(C)C)nn3ccccc23)C(N)=CC1=O.CC1=CC(=Nc2c(NCCC[N+](C)(C)C)nn3ccccc23)C(NCCO)=CC1=O.C[N+](C)(C)CCCNc1nn2ccccc2c1N=C1C=C(OCCO)C(N)=CC1=N.C[N+](C)(C)CCCNc1nn2ccccc2c1N=C1C=C2OCCNC2=CC1=O. The number of aliphatic hydroxyl groups is 2. The number of aromatic nitrogens is 10. The number of pyridine rings is 5. The second kappa shape index (κ2) is 48.3. The lowest BCUT2D eigenvalue weighted by Crippen LogP contribution is -2.36. The molecular formula is C104H141ClN31O8+5. The fourth-order valence-corrected chi connectivity index (χ4v) is 15.7. The number of Topliss-reactive ketones (excluding diaryl/α,β-unsaturated/α-hetero) is 1. The Balaban J connectivity index is 0.000000161. The van der Waals surface area contributed by atoms with Gasteiger partial charge in [0.25, 0.3) is 0 Å². The van der Waals surface area contributed by atoms with Crippen molar-refractivity contribution < 1.29 is 61.3 Å². The van der Waals surface area contributed by atoms with Gasteiger partial charge in [0.1, 0.15) is 63.9 Å². The number of hydrogen-bond acceptors (Lipinski definition) is 29. The van der Waals surface area contributed by atoms with Gasteiger partial charge in [0.15, 0.2) is 40.7 Å². The minimum Gasteiger partial charge on any atom is -0.490 e. The molecular weight excluding hydrogens is 1850 g/mol. The van der Waals surface area contributed by atoms with Crippen LogP contribution in [0, 0.1) is 5.41 Å². The Hall–Kier alpha value is -14.8. The summed E-state index contributed by atoms with van der Waals surface area (Å²) in [5.74, 6) is 3.93. The molecule has 144 heavy (non-hydrogen) atoms. The number of halogens is 1. The zero-order valence-electron chi connectivity index (χ0n) is 86.0. The second-order valence-corrected chi connectivity index (χ2v) is 40.8. The van der Waals surface area contributed by atoms with Crippen molar-refractivity contribution in [2.75, 3.05) is 237 Å². The molecule has 0 radical (unpaired) electrons. The number of fused-ring (bicyclic) bond motifs is 6. The molecule has 16 N–H and O–H groups in total. The van der Waals surface area contributed by atoms with Crippen LogP contribution in [0.25, 0.3) is 27.6 Å². The first-order valence-corrected chi connectivity index (χ1v) is 48.5. The standard InChI is InChI=1S/C22H30N6O2.C21H30N7O2.C21H26N6O2.C20H25ClN6O.C20H26N6O/c1-16-14-18(17(15-20(16)30)23-10-13-29)25-21-19-8-5-6-11-27(19)26-22(21)24-9-7-12-28(2,3)4;1-28(2,3)10-6-8-24-21-20(18-7-4-5-9-27(18)26-21)25-17-14-19(30-12-11-29)16(23)13-15(17)22;1-27(2,3)11-6-8-23-21-20(17-7-4-5-10-26(17)25-21)24-15-14-19-16(13-18(15)28)22-9-12-29-19;1-13-12-14(17(22)16(21)19(13)28)24-18-15-8-5-6-10-26(15)25-20(18)23-9-7-11-27(2,3)4;1-14-12-16(15(21)13-18(14)27)23-19-17-8-5-6-10-25(17)24-20(19)22-9-7-11-26(2,3)4/h5-6,8,11,14-15,29H,7,9-10,12-13H2,1-4H3,(H-,23,24,26,30);4-5,7,9,13-14,22,29H,6,8,10-12,23H2,1-3H3,(H,24,26);4-5,7,10,13-14H,6,8-9,11-12H2,1-3H3,(H-,22,23,25,28);5-6,8,10,12H,7,9,11H2,1-4H3,(H2-,22,23,25,28);5-6,8,10,12-13H,7,9,11H2,1-4H3,(H2-,21,22,24,27)/q;+1;;;/p+4. The minimum absolute atomic E-state index is 0.00711. The molecule has 0 aromatic carbocycles. The number of aliphatic hydroxyl groups excluding tert-OH is 2. The van der Waals surface area contributed by atoms with Crippen molar-refractivity contribution in [2.24, 2.45) is 42.2 Å². The maximum atomic E-state index is 12.6. The summed E-state index contributed by atoms with van der Waals surface area (Å²) in [5.41, 5.74) is 32.4. The summed E-state index contributed by atoms with van der Waals surface area (Å²) in [4.78, 5) is 72.3. The monoisotopic (exact) mass is 1990 g/mol. The number of carbonyl (C=O) groups excluding carboxylic acids is 4. The van der Waals surface area contributed by atoms with Crippen LogP contribution in [0.5, 0.6) is 0 Å². The van der Waals surface area contributed by atoms with Crippen LogP contribution in [0.4, 0.5) is 57.5 Å². The Kier molecular flexibility index (Phi) is 36.2. The van der Waals surface area contributed by atoms with Crippen molar-refractivity contribution in [3.05, 3.63) is 238 Å². The summed E-state index contributed by atoms with van der Waals surface area (Å²) in [6, 6.07) is 29.1. The van der Waals surface area contributed by atoms with Crippen LogP contribution >= 0.6 is 11.6 Å². The highest BCUT2D eigenvalue weighted by Gasteiger charge is 2.29. The zero-order chi connectivity index (χ0) is 104. The van der Waals surface area contributed by atoms with Gasteiger partial charge in [-0.25, -0.2) is 47.5 Å². The summed E-state index contributed by atoms with van der Waals surface area (Å²) >= 11 is 6.10. The number of nitrogens with zero attached hydrogens (tertiary/aromatic N) is 20. The molecule has 6 aliphatic rings. The number of ketones is 4. The number of nitrogens with one attached hydrogen (secondary N) is 8. The summed E-state index contributed by atoms with van der Waals surface area (Å²) in [7, 11) is 32.6. The first-order chi connectivity index (χ1) is 68.4. The number of hydrogen-bond donors (Lipinski definition) is 13. The molecule has 0 atom stereocenters. The number of aliphatic imine (C=N–C) groups is 5. The number of carbonyl (C=O) groups is 4. The molecule has 1 fully saturated rings. The van der Waals surface area contributed by atoms with Crippen LogP contribution in [0.15, 0.2) is 263 Å². The molecule has 0 saturated carbocycles. The quantitative estimate of drug-likeness (QED) is 0.00751. The number of rotatable bonds is 36. The van der Waals surface area contributed by atoms with Gasteiger partial charge >= 0.3 is 0 Å². The van der Waals surface area contributed by atoms with Gasteiger partial charge in [-0.05, 0) is 117 Å². The van der Waals surface area contributed by atoms with Gasteiger partial charge in [-0.15, -0.1) is 25.5 Å². The molecule has 11 heterocycles. The maximum absolute atomic E-state index is 12.6. The predicted molar refractivity (Wildman–Crippen MR) is 577 cm³/mol. The van der Waals surface area contributed by atoms with E-state index >= 15 is 0 Å². The Morgan fingerprint density at radius 1 is 0.410 bits per heavy atom. The summed E-state index contributed by atoms with van der Waals surface area (Å²) in [5, 5.41) is 72.8. The zero-order valence-corrected chi connectivity index (χ0v) is 86.7. The number of ether oxygens (including phenoxy) is 2. The van der Waals surface area contributed by atoms with Gasteiger partial charge in [0.05, 0.1) is 236 Å². The number of nitrogens with two attached hydrogens (primary N) is 3. The Morgan fingerprint density at radius 2 is 0.764 bits per heavy atom. The lowest BCUT2D eigenvalue weighted by molar-refractivity contribution is -0.870. The lowest BCUT2D eigenvalue weighted by Gasteiger charge is -2.24. The molecule has 0 bridgehead atoms. The van der Waals surface area contributed by atoms with Crippen LogP contribution in [0.1, 0.15) is 52.9 Å². The topological polar surface area (TPSA) is 462 Å². The third-order valence-electron chi connectivity index (χ3n) is 22.9. The number of allylic oxidation sites excluding steroid dienone is 13. The fourth-order valence-electron chi connectivity index (χ4n) is 15.4. The smallest absolute Gasteiger partial charge is 0.206 e. The van der Waals surface area contributed by atoms with Gasteiger partial charge in [-0.3, -0.25) is 24.6 Å². The van der Waals surface area contributed by atoms with E-state index in [1.54, 1.807) is 79.8 Å². The van der Waals surface area contributed by atoms with E-state index in [9.17, 15) is 19.2 Å². The molecule has 39 nitrogen and oxygen atoms in total. The van der Waals surface area contributed by atoms with Crippen LogP contribution in [0.3, 0.4) is 0 Å². The largest absolute Gasteiger partial charge is 0.490 e. The molecule has 5 aliphatic carbocycles. The highest BCUT2D eigenvalue weighted by Crippen LogP contribution is 2.38. The molecule has 0 unspecified atom stereocenters. The molecule has 1 saturated heterocycles. The predicted octanol–water partition coefficient (Wildman–Crippen LogP) is 10.6. The van der Waals surface area contributed by atoms with Gasteiger partial charge in [0, 0.05) is 145 Å². The number of morpholine rings is 1. The summed E-state index contributed by atoms with van der Waals surface area (Å²) < 4.78 is 24.6. The molecule has 0 spiro atoms. The Bertz CT molecular complexity index is 6910. The van der Waals surface area contributed by atoms with Crippen LogP contribution in [-0.2, 0) is 28.7 Å². The van der Waals surface area contributed by atoms with Crippen molar-refractivity contribution in [1.29, 1.82) is 5.41 Å². The van der Waals surface area contributed by atoms with Crippen molar-refractivity contribution in [1.82, 2.24) is 58.7 Å². The second-order valence-electron chi connectivity index (χ2n) is 40.5. The van der Waals surface area contributed by atoms with E-state index in [1.807, 2.05) is 122 Å². The molecule has 10 aromatic heterocycles.